The summed E-state index contributed by atoms with van der Waals surface area (Å²) in [4.78, 5) is 0. The van der Waals surface area contributed by atoms with Gasteiger partial charge >= 0.3 is 0 Å². The Morgan fingerprint density at radius 2 is 2.25 bits per heavy atom. The Morgan fingerprint density at radius 1 is 1.56 bits per heavy atom. The molecule has 0 aliphatic carbocycles. The molecule has 2 atom stereocenters. The summed E-state index contributed by atoms with van der Waals surface area (Å²) in [7, 11) is -0.775. The van der Waals surface area contributed by atoms with Gasteiger partial charge in [0.05, 0.1) is 16.4 Å². The van der Waals surface area contributed by atoms with E-state index in [2.05, 4.69) is 5.32 Å². The molecular formula is C11H17ClN2OS. The number of halogens is 1. The molecule has 1 aromatic carbocycles. The average molecular weight is 261 g/mol. The van der Waals surface area contributed by atoms with Crippen molar-refractivity contribution in [2.45, 2.75) is 18.6 Å². The van der Waals surface area contributed by atoms with Crippen molar-refractivity contribution in [1.82, 2.24) is 0 Å². The zero-order valence-electron chi connectivity index (χ0n) is 9.50. The molecule has 0 aliphatic heterocycles. The predicted octanol–water partition coefficient (Wildman–Crippen LogP) is 2.49. The summed E-state index contributed by atoms with van der Waals surface area (Å²) < 4.78 is 11.1. The maximum absolute atomic E-state index is 11.1. The summed E-state index contributed by atoms with van der Waals surface area (Å²) in [5.41, 5.74) is 7.20. The SMILES string of the molecule is CC(CCNc1cccc(Cl)c1N)S(C)=O. The van der Waals surface area contributed by atoms with Crippen molar-refractivity contribution in [1.29, 1.82) is 0 Å². The van der Waals surface area contributed by atoms with Crippen molar-refractivity contribution in [2.24, 2.45) is 0 Å². The van der Waals surface area contributed by atoms with Gasteiger partial charge in [-0.2, -0.15) is 0 Å². The zero-order valence-corrected chi connectivity index (χ0v) is 11.1. The van der Waals surface area contributed by atoms with E-state index in [1.807, 2.05) is 19.1 Å². The third-order valence-corrected chi connectivity index (χ3v) is 4.18. The van der Waals surface area contributed by atoms with E-state index < -0.39 is 10.8 Å². The Hall–Kier alpha value is -0.740. The molecule has 90 valence electrons. The van der Waals surface area contributed by atoms with Crippen molar-refractivity contribution in [3.63, 3.8) is 0 Å². The molecule has 0 fully saturated rings. The van der Waals surface area contributed by atoms with Crippen molar-refractivity contribution in [3.05, 3.63) is 23.2 Å². The molecule has 0 amide bonds. The van der Waals surface area contributed by atoms with E-state index >= 15 is 0 Å². The number of para-hydroxylation sites is 1. The van der Waals surface area contributed by atoms with Gasteiger partial charge in [-0.05, 0) is 18.6 Å². The Kier molecular flexibility index (Phi) is 5.09. The van der Waals surface area contributed by atoms with E-state index in [0.29, 0.717) is 10.7 Å². The van der Waals surface area contributed by atoms with E-state index in [-0.39, 0.29) is 5.25 Å². The van der Waals surface area contributed by atoms with Crippen LogP contribution in [0, 0.1) is 0 Å². The molecule has 16 heavy (non-hydrogen) atoms. The van der Waals surface area contributed by atoms with Crippen LogP contribution in [-0.2, 0) is 10.8 Å². The fourth-order valence-corrected chi connectivity index (χ4v) is 1.89. The molecule has 0 heterocycles. The van der Waals surface area contributed by atoms with Gasteiger partial charge < -0.3 is 11.1 Å². The first-order chi connectivity index (χ1) is 7.52. The van der Waals surface area contributed by atoms with Gasteiger partial charge in [-0.3, -0.25) is 4.21 Å². The Bertz CT molecular complexity index is 384. The lowest BCUT2D eigenvalue weighted by molar-refractivity contribution is 0.672. The smallest absolute Gasteiger partial charge is 0.0739 e. The highest BCUT2D eigenvalue weighted by atomic mass is 35.5. The average Bonchev–Trinajstić information content (AvgIpc) is 2.24. The van der Waals surface area contributed by atoms with Gasteiger partial charge in [0.15, 0.2) is 0 Å². The molecular weight excluding hydrogens is 244 g/mol. The molecule has 3 N–H and O–H groups in total. The van der Waals surface area contributed by atoms with E-state index in [4.69, 9.17) is 17.3 Å². The normalized spacial score (nSPS) is 14.4. The highest BCUT2D eigenvalue weighted by Gasteiger charge is 2.06. The molecule has 0 radical (unpaired) electrons. The Morgan fingerprint density at radius 3 is 2.88 bits per heavy atom. The van der Waals surface area contributed by atoms with Gasteiger partial charge in [0.2, 0.25) is 0 Å². The molecule has 0 saturated heterocycles. The third-order valence-electron chi connectivity index (χ3n) is 2.49. The summed E-state index contributed by atoms with van der Waals surface area (Å²) in [6, 6.07) is 5.49. The fraction of sp³-hybridized carbons (Fsp3) is 0.455. The van der Waals surface area contributed by atoms with Gasteiger partial charge in [0.1, 0.15) is 0 Å². The number of rotatable bonds is 5. The van der Waals surface area contributed by atoms with Crippen LogP contribution in [0.3, 0.4) is 0 Å². The summed E-state index contributed by atoms with van der Waals surface area (Å²) in [6.07, 6.45) is 2.56. The van der Waals surface area contributed by atoms with Gasteiger partial charge in [-0.15, -0.1) is 0 Å². The minimum atomic E-state index is -0.775. The number of anilines is 2. The second-order valence-corrected chi connectivity index (χ2v) is 5.93. The highest BCUT2D eigenvalue weighted by molar-refractivity contribution is 7.84. The standard InChI is InChI=1S/C11H17ClN2OS/c1-8(16(2)15)6-7-14-10-5-3-4-9(12)11(10)13/h3-5,8,14H,6-7,13H2,1-2H3. The van der Waals surface area contributed by atoms with E-state index in [1.165, 1.54) is 0 Å². The van der Waals surface area contributed by atoms with Gasteiger partial charge in [0, 0.05) is 28.9 Å². The van der Waals surface area contributed by atoms with Crippen LogP contribution in [0.4, 0.5) is 11.4 Å². The minimum absolute atomic E-state index is 0.188. The quantitative estimate of drug-likeness (QED) is 0.800. The number of nitrogen functional groups attached to an aromatic ring is 1. The molecule has 2 unspecified atom stereocenters. The second-order valence-electron chi connectivity index (χ2n) is 3.73. The minimum Gasteiger partial charge on any atom is -0.396 e. The van der Waals surface area contributed by atoms with Crippen LogP contribution >= 0.6 is 11.6 Å². The van der Waals surface area contributed by atoms with Crippen LogP contribution in [0.5, 0.6) is 0 Å². The van der Waals surface area contributed by atoms with Crippen LogP contribution < -0.4 is 11.1 Å². The Balaban J connectivity index is 2.49. The maximum atomic E-state index is 11.1. The maximum Gasteiger partial charge on any atom is 0.0739 e. The first-order valence-corrected chi connectivity index (χ1v) is 7.12. The first kappa shape index (κ1) is 13.3. The molecule has 0 aliphatic rings. The van der Waals surface area contributed by atoms with E-state index in [0.717, 1.165) is 18.7 Å². The molecule has 5 heteroatoms. The lowest BCUT2D eigenvalue weighted by Gasteiger charge is -2.12. The first-order valence-electron chi connectivity index (χ1n) is 5.12. The van der Waals surface area contributed by atoms with Crippen molar-refractivity contribution in [2.75, 3.05) is 23.9 Å². The predicted molar refractivity (Wildman–Crippen MR) is 72.5 cm³/mol. The molecule has 3 nitrogen and oxygen atoms in total. The molecule has 0 saturated carbocycles. The molecule has 1 rings (SSSR count). The molecule has 0 spiro atoms. The molecule has 1 aromatic rings. The third kappa shape index (κ3) is 3.68. The van der Waals surface area contributed by atoms with Crippen LogP contribution in [-0.4, -0.2) is 22.3 Å². The number of nitrogens with one attached hydrogen (secondary N) is 1. The van der Waals surface area contributed by atoms with Gasteiger partial charge in [-0.25, -0.2) is 0 Å². The summed E-state index contributed by atoms with van der Waals surface area (Å²) in [6.45, 7) is 2.71. The monoisotopic (exact) mass is 260 g/mol. The van der Waals surface area contributed by atoms with E-state index in [1.54, 1.807) is 12.3 Å². The number of benzene rings is 1. The molecule has 0 aromatic heterocycles. The van der Waals surface area contributed by atoms with Crippen molar-refractivity contribution >= 4 is 33.8 Å². The topological polar surface area (TPSA) is 55.1 Å². The summed E-state index contributed by atoms with van der Waals surface area (Å²) in [5.74, 6) is 0. The van der Waals surface area contributed by atoms with Gasteiger partial charge in [0.25, 0.3) is 0 Å². The van der Waals surface area contributed by atoms with Crippen molar-refractivity contribution < 1.29 is 4.21 Å². The second kappa shape index (κ2) is 6.11. The Labute approximate surface area is 104 Å². The van der Waals surface area contributed by atoms with Gasteiger partial charge in [-0.1, -0.05) is 24.6 Å². The summed E-state index contributed by atoms with van der Waals surface area (Å²) >= 11 is 5.89. The lowest BCUT2D eigenvalue weighted by Crippen LogP contribution is -2.15. The molecule has 0 bridgehead atoms. The van der Waals surface area contributed by atoms with E-state index in [9.17, 15) is 4.21 Å². The van der Waals surface area contributed by atoms with Crippen LogP contribution in [0.2, 0.25) is 5.02 Å². The van der Waals surface area contributed by atoms with Crippen LogP contribution in [0.15, 0.2) is 18.2 Å². The fourth-order valence-electron chi connectivity index (χ4n) is 1.27. The highest BCUT2D eigenvalue weighted by Crippen LogP contribution is 2.26. The number of hydrogen-bond acceptors (Lipinski definition) is 3. The zero-order chi connectivity index (χ0) is 12.1. The number of nitrogens with two attached hydrogens (primary N) is 1. The van der Waals surface area contributed by atoms with Crippen LogP contribution in [0.1, 0.15) is 13.3 Å². The van der Waals surface area contributed by atoms with Crippen molar-refractivity contribution in [3.8, 4) is 0 Å². The van der Waals surface area contributed by atoms with Crippen LogP contribution in [0.25, 0.3) is 0 Å². The lowest BCUT2D eigenvalue weighted by atomic mass is 10.2. The summed E-state index contributed by atoms with van der Waals surface area (Å²) in [5, 5.41) is 3.94. The largest absolute Gasteiger partial charge is 0.396 e. The number of hydrogen-bond donors (Lipinski definition) is 2.